The van der Waals surface area contributed by atoms with Crippen LogP contribution in [0.4, 0.5) is 5.95 Å². The van der Waals surface area contributed by atoms with Crippen LogP contribution in [0.2, 0.25) is 0 Å². The van der Waals surface area contributed by atoms with Crippen LogP contribution in [0.1, 0.15) is 37.6 Å². The summed E-state index contributed by atoms with van der Waals surface area (Å²) in [7, 11) is 0. The Labute approximate surface area is 171 Å². The van der Waals surface area contributed by atoms with Gasteiger partial charge in [0.15, 0.2) is 0 Å². The average Bonchev–Trinajstić information content (AvgIpc) is 2.68. The maximum Gasteiger partial charge on any atom is 0.255 e. The van der Waals surface area contributed by atoms with Crippen LogP contribution in [0.15, 0.2) is 29.1 Å². The minimum atomic E-state index is -0.00818. The van der Waals surface area contributed by atoms with Gasteiger partial charge in [-0.3, -0.25) is 14.7 Å². The number of para-hydroxylation sites is 1. The number of benzene rings is 1. The van der Waals surface area contributed by atoms with Crippen LogP contribution in [0.3, 0.4) is 0 Å². The number of ether oxygens (including phenoxy) is 2. The quantitative estimate of drug-likeness (QED) is 0.834. The van der Waals surface area contributed by atoms with Crippen LogP contribution < -0.4 is 15.2 Å². The van der Waals surface area contributed by atoms with Crippen molar-refractivity contribution in [1.82, 2.24) is 14.9 Å². The molecule has 29 heavy (non-hydrogen) atoms. The first-order chi connectivity index (χ1) is 14.0. The molecule has 7 nitrogen and oxygen atoms in total. The third kappa shape index (κ3) is 4.46. The Kier molecular flexibility index (Phi) is 5.87. The van der Waals surface area contributed by atoms with Crippen molar-refractivity contribution in [1.29, 1.82) is 0 Å². The first-order valence-corrected chi connectivity index (χ1v) is 10.5. The second kappa shape index (κ2) is 8.55. The van der Waals surface area contributed by atoms with Crippen molar-refractivity contribution in [3.05, 3.63) is 51.4 Å². The van der Waals surface area contributed by atoms with Crippen molar-refractivity contribution < 1.29 is 9.47 Å². The number of aromatic nitrogens is 2. The van der Waals surface area contributed by atoms with Gasteiger partial charge in [0.2, 0.25) is 5.95 Å². The van der Waals surface area contributed by atoms with Crippen LogP contribution in [0, 0.1) is 0 Å². The number of anilines is 1. The third-order valence-electron chi connectivity index (χ3n) is 5.53. The summed E-state index contributed by atoms with van der Waals surface area (Å²) in [5.41, 5.74) is 2.86. The maximum atomic E-state index is 12.7. The zero-order valence-electron chi connectivity index (χ0n) is 17.5. The molecule has 156 valence electrons. The molecule has 3 heterocycles. The predicted molar refractivity (Wildman–Crippen MR) is 113 cm³/mol. The summed E-state index contributed by atoms with van der Waals surface area (Å²) in [6.45, 7) is 10.5. The molecule has 1 aromatic carbocycles. The van der Waals surface area contributed by atoms with Crippen LogP contribution in [0.5, 0.6) is 5.75 Å². The van der Waals surface area contributed by atoms with Gasteiger partial charge in [0.1, 0.15) is 5.75 Å². The van der Waals surface area contributed by atoms with Crippen LogP contribution >= 0.6 is 0 Å². The fraction of sp³-hybridized carbons (Fsp3) is 0.545. The molecule has 1 N–H and O–H groups in total. The van der Waals surface area contributed by atoms with Crippen molar-refractivity contribution >= 4 is 5.95 Å². The summed E-state index contributed by atoms with van der Waals surface area (Å²) in [5.74, 6) is 1.59. The van der Waals surface area contributed by atoms with Crippen LogP contribution in [-0.4, -0.2) is 53.3 Å². The summed E-state index contributed by atoms with van der Waals surface area (Å²) in [6.07, 6.45) is 0.947. The number of aromatic amines is 1. The molecule has 0 unspecified atom stereocenters. The van der Waals surface area contributed by atoms with E-state index in [-0.39, 0.29) is 17.8 Å². The molecule has 1 saturated heterocycles. The fourth-order valence-corrected chi connectivity index (χ4v) is 4.29. The molecule has 1 aromatic heterocycles. The SMILES string of the molecule is CCOc1ccccc1CN1CCc2c(nc(N3C[C@H](C)O[C@@H](C)C3)[nH]c2=O)C1. The predicted octanol–water partition coefficient (Wildman–Crippen LogP) is 2.34. The first-order valence-electron chi connectivity index (χ1n) is 10.5. The van der Waals surface area contributed by atoms with Gasteiger partial charge in [0.05, 0.1) is 24.5 Å². The number of H-pyrrole nitrogens is 1. The van der Waals surface area contributed by atoms with E-state index in [9.17, 15) is 4.79 Å². The molecule has 2 aliphatic rings. The van der Waals surface area contributed by atoms with Gasteiger partial charge in [-0.1, -0.05) is 18.2 Å². The lowest BCUT2D eigenvalue weighted by Crippen LogP contribution is -2.47. The molecule has 0 radical (unpaired) electrons. The van der Waals surface area contributed by atoms with Crippen molar-refractivity contribution in [2.45, 2.75) is 52.5 Å². The van der Waals surface area contributed by atoms with Gasteiger partial charge in [-0.25, -0.2) is 4.98 Å². The zero-order valence-corrected chi connectivity index (χ0v) is 17.5. The molecule has 0 saturated carbocycles. The molecule has 0 amide bonds. The van der Waals surface area contributed by atoms with E-state index in [1.807, 2.05) is 25.1 Å². The molecule has 4 rings (SSSR count). The van der Waals surface area contributed by atoms with Gasteiger partial charge >= 0.3 is 0 Å². The second-order valence-corrected chi connectivity index (χ2v) is 7.98. The lowest BCUT2D eigenvalue weighted by molar-refractivity contribution is -0.00576. The molecule has 2 aromatic rings. The van der Waals surface area contributed by atoms with E-state index >= 15 is 0 Å². The van der Waals surface area contributed by atoms with Gasteiger partial charge in [-0.2, -0.15) is 0 Å². The van der Waals surface area contributed by atoms with Gasteiger partial charge in [-0.05, 0) is 33.3 Å². The van der Waals surface area contributed by atoms with Crippen LogP contribution in [0.25, 0.3) is 0 Å². The molecule has 2 aliphatic heterocycles. The maximum absolute atomic E-state index is 12.7. The summed E-state index contributed by atoms with van der Waals surface area (Å²) >= 11 is 0. The van der Waals surface area contributed by atoms with E-state index in [1.165, 1.54) is 5.56 Å². The highest BCUT2D eigenvalue weighted by atomic mass is 16.5. The number of fused-ring (bicyclic) bond motifs is 1. The molecule has 7 heteroatoms. The molecule has 2 atom stereocenters. The van der Waals surface area contributed by atoms with Crippen molar-refractivity contribution in [2.75, 3.05) is 31.1 Å². The largest absolute Gasteiger partial charge is 0.494 e. The molecule has 0 spiro atoms. The van der Waals surface area contributed by atoms with E-state index in [1.54, 1.807) is 0 Å². The number of nitrogens with zero attached hydrogens (tertiary/aromatic N) is 3. The third-order valence-corrected chi connectivity index (χ3v) is 5.53. The van der Waals surface area contributed by atoms with Crippen molar-refractivity contribution in [3.63, 3.8) is 0 Å². The molecule has 0 aliphatic carbocycles. The summed E-state index contributed by atoms with van der Waals surface area (Å²) in [6, 6.07) is 8.15. The van der Waals surface area contributed by atoms with Gasteiger partial charge < -0.3 is 14.4 Å². The summed E-state index contributed by atoms with van der Waals surface area (Å²) in [5, 5.41) is 0. The molecular formula is C22H30N4O3. The highest BCUT2D eigenvalue weighted by Gasteiger charge is 2.27. The number of rotatable bonds is 5. The standard InChI is InChI=1S/C22H30N4O3/c1-4-28-20-8-6-5-7-17(20)13-25-10-9-18-19(14-25)23-22(24-21(18)27)26-11-15(2)29-16(3)12-26/h5-8,15-16H,4,9-14H2,1-3H3,(H,23,24,27)/t15-,16-/m0/s1. The lowest BCUT2D eigenvalue weighted by atomic mass is 10.1. The Hall–Kier alpha value is -2.38. The van der Waals surface area contributed by atoms with Crippen LogP contribution in [-0.2, 0) is 24.2 Å². The minimum Gasteiger partial charge on any atom is -0.494 e. The van der Waals surface area contributed by atoms with E-state index in [0.29, 0.717) is 25.5 Å². The number of hydrogen-bond acceptors (Lipinski definition) is 6. The summed E-state index contributed by atoms with van der Waals surface area (Å²) < 4.78 is 11.6. The second-order valence-electron chi connectivity index (χ2n) is 7.98. The normalized spacial score (nSPS) is 22.4. The minimum absolute atomic E-state index is 0.00818. The smallest absolute Gasteiger partial charge is 0.255 e. The Bertz CT molecular complexity index is 903. The highest BCUT2D eigenvalue weighted by molar-refractivity contribution is 5.36. The Morgan fingerprint density at radius 2 is 2.00 bits per heavy atom. The van der Waals surface area contributed by atoms with Crippen molar-refractivity contribution in [3.8, 4) is 5.75 Å². The lowest BCUT2D eigenvalue weighted by Gasteiger charge is -2.36. The van der Waals surface area contributed by atoms with Gasteiger partial charge in [0.25, 0.3) is 5.56 Å². The molecule has 0 bridgehead atoms. The Morgan fingerprint density at radius 3 is 2.76 bits per heavy atom. The molecule has 1 fully saturated rings. The number of morpholine rings is 1. The number of nitrogens with one attached hydrogen (secondary N) is 1. The monoisotopic (exact) mass is 398 g/mol. The topological polar surface area (TPSA) is 70.7 Å². The van der Waals surface area contributed by atoms with Gasteiger partial charge in [-0.15, -0.1) is 0 Å². The zero-order chi connectivity index (χ0) is 20.4. The fourth-order valence-electron chi connectivity index (χ4n) is 4.29. The average molecular weight is 399 g/mol. The Balaban J connectivity index is 1.54. The molecular weight excluding hydrogens is 368 g/mol. The Morgan fingerprint density at radius 1 is 1.24 bits per heavy atom. The summed E-state index contributed by atoms with van der Waals surface area (Å²) in [4.78, 5) is 25.0. The highest BCUT2D eigenvalue weighted by Crippen LogP contribution is 2.24. The van der Waals surface area contributed by atoms with E-state index < -0.39 is 0 Å². The van der Waals surface area contributed by atoms with E-state index in [0.717, 1.165) is 43.2 Å². The first kappa shape index (κ1) is 19.9. The van der Waals surface area contributed by atoms with Crippen molar-refractivity contribution in [2.24, 2.45) is 0 Å². The number of hydrogen-bond donors (Lipinski definition) is 1. The van der Waals surface area contributed by atoms with Gasteiger partial charge in [0, 0.05) is 43.9 Å². The van der Waals surface area contributed by atoms with E-state index in [2.05, 4.69) is 34.7 Å². The van der Waals surface area contributed by atoms with E-state index in [4.69, 9.17) is 14.5 Å².